The molecule has 3 aliphatic heterocycles. The maximum atomic E-state index is 12.8. The molecule has 0 aliphatic carbocycles. The lowest BCUT2D eigenvalue weighted by Crippen LogP contribution is -2.54. The minimum atomic E-state index is -0.414. The number of rotatable bonds is 4. The zero-order valence-corrected chi connectivity index (χ0v) is 15.8. The number of pyridine rings is 1. The lowest BCUT2D eigenvalue weighted by atomic mass is 9.78. The summed E-state index contributed by atoms with van der Waals surface area (Å²) >= 11 is 0. The van der Waals surface area contributed by atoms with Crippen molar-refractivity contribution in [3.05, 3.63) is 34.2 Å². The molecule has 27 heavy (non-hydrogen) atoms. The fraction of sp³-hybridized carbons (Fsp3) is 0.632. The summed E-state index contributed by atoms with van der Waals surface area (Å²) in [5.74, 6) is 0.345. The Morgan fingerprint density at radius 1 is 1.26 bits per heavy atom. The third-order valence-electron chi connectivity index (χ3n) is 5.87. The van der Waals surface area contributed by atoms with Crippen LogP contribution in [0.4, 0.5) is 4.79 Å². The Morgan fingerprint density at radius 2 is 2.07 bits per heavy atom. The second-order valence-corrected chi connectivity index (χ2v) is 8.02. The number of likely N-dealkylation sites (N-methyl/N-ethyl adjacent to an activating group) is 1. The molecule has 1 aromatic rings. The summed E-state index contributed by atoms with van der Waals surface area (Å²) in [5, 5.41) is 0. The molecule has 2 amide bonds. The van der Waals surface area contributed by atoms with Crippen molar-refractivity contribution in [2.45, 2.75) is 18.4 Å². The van der Waals surface area contributed by atoms with Crippen LogP contribution >= 0.6 is 0 Å². The number of hydrogen-bond acceptors (Lipinski definition) is 5. The van der Waals surface area contributed by atoms with Crippen LogP contribution in [0.2, 0.25) is 0 Å². The molecule has 4 heterocycles. The van der Waals surface area contributed by atoms with E-state index in [2.05, 4.69) is 4.90 Å². The average molecular weight is 374 g/mol. The van der Waals surface area contributed by atoms with Gasteiger partial charge in [0.25, 0.3) is 5.56 Å². The van der Waals surface area contributed by atoms with Gasteiger partial charge in [0, 0.05) is 37.3 Å². The van der Waals surface area contributed by atoms with Crippen LogP contribution in [-0.4, -0.2) is 84.7 Å². The Labute approximate surface area is 158 Å². The number of hydrogen-bond donors (Lipinski definition) is 0. The number of ether oxygens (including phenoxy) is 1. The van der Waals surface area contributed by atoms with Crippen LogP contribution in [0.1, 0.15) is 24.1 Å². The van der Waals surface area contributed by atoms with Gasteiger partial charge in [-0.15, -0.1) is 0 Å². The summed E-state index contributed by atoms with van der Waals surface area (Å²) in [5.41, 5.74) is 1.05. The maximum absolute atomic E-state index is 12.8. The fourth-order valence-corrected chi connectivity index (χ4v) is 4.69. The molecule has 2 bridgehead atoms. The topological polar surface area (TPSA) is 75.1 Å². The molecule has 2 saturated heterocycles. The van der Waals surface area contributed by atoms with Crippen molar-refractivity contribution in [3.8, 4) is 0 Å². The summed E-state index contributed by atoms with van der Waals surface area (Å²) in [7, 11) is 4.01. The van der Waals surface area contributed by atoms with Gasteiger partial charge in [-0.2, -0.15) is 0 Å². The first-order chi connectivity index (χ1) is 12.9. The minimum Gasteiger partial charge on any atom is -0.448 e. The summed E-state index contributed by atoms with van der Waals surface area (Å²) in [6.45, 7) is 2.85. The van der Waals surface area contributed by atoms with E-state index in [0.29, 0.717) is 26.2 Å². The van der Waals surface area contributed by atoms with Gasteiger partial charge in [0.05, 0.1) is 12.6 Å². The first-order valence-electron chi connectivity index (χ1n) is 9.49. The highest BCUT2D eigenvalue weighted by atomic mass is 16.6. The van der Waals surface area contributed by atoms with E-state index in [1.54, 1.807) is 6.07 Å². The van der Waals surface area contributed by atoms with E-state index < -0.39 is 6.09 Å². The highest BCUT2D eigenvalue weighted by Gasteiger charge is 2.42. The minimum absolute atomic E-state index is 0.0358. The normalized spacial score (nSPS) is 26.9. The number of amides is 2. The van der Waals surface area contributed by atoms with Gasteiger partial charge in [0.15, 0.2) is 0 Å². The van der Waals surface area contributed by atoms with E-state index in [9.17, 15) is 14.4 Å². The number of fused-ring (bicyclic) bond motifs is 4. The van der Waals surface area contributed by atoms with E-state index in [1.807, 2.05) is 35.7 Å². The maximum Gasteiger partial charge on any atom is 0.410 e. The molecule has 8 heteroatoms. The molecule has 8 nitrogen and oxygen atoms in total. The van der Waals surface area contributed by atoms with E-state index in [4.69, 9.17) is 4.74 Å². The van der Waals surface area contributed by atoms with Crippen LogP contribution in [0.15, 0.2) is 23.0 Å². The lowest BCUT2D eigenvalue weighted by molar-refractivity contribution is -0.134. The summed E-state index contributed by atoms with van der Waals surface area (Å²) < 4.78 is 6.86. The second-order valence-electron chi connectivity index (χ2n) is 8.02. The number of likely N-dealkylation sites (tertiary alicyclic amines) is 1. The van der Waals surface area contributed by atoms with Gasteiger partial charge in [-0.3, -0.25) is 14.5 Å². The molecule has 0 aromatic carbocycles. The fourth-order valence-electron chi connectivity index (χ4n) is 4.69. The molecule has 3 atom stereocenters. The molecule has 1 aromatic heterocycles. The van der Waals surface area contributed by atoms with Gasteiger partial charge in [0.1, 0.15) is 13.2 Å². The second kappa shape index (κ2) is 6.99. The monoisotopic (exact) mass is 374 g/mol. The first-order valence-corrected chi connectivity index (χ1v) is 9.49. The summed E-state index contributed by atoms with van der Waals surface area (Å²) in [4.78, 5) is 42.5. The van der Waals surface area contributed by atoms with Crippen LogP contribution in [0.25, 0.3) is 0 Å². The van der Waals surface area contributed by atoms with Crippen LogP contribution in [-0.2, 0) is 9.53 Å². The molecule has 0 radical (unpaired) electrons. The quantitative estimate of drug-likeness (QED) is 0.760. The van der Waals surface area contributed by atoms with Crippen LogP contribution in [0.3, 0.4) is 0 Å². The summed E-state index contributed by atoms with van der Waals surface area (Å²) in [6.07, 6.45) is 0.570. The van der Waals surface area contributed by atoms with Crippen molar-refractivity contribution in [3.63, 3.8) is 0 Å². The standard InChI is InChI=1S/C19H26N4O4/c1-20(2)11-16-14-8-13(15-4-3-5-17(24)23(15)16)9-22(10-14)18(25)12-21-6-7-27-19(21)26/h3-5,13-14,16H,6-12H2,1-2H3/t13-,14+,16+/m1/s1. The molecule has 0 unspecified atom stereocenters. The smallest absolute Gasteiger partial charge is 0.410 e. The molecule has 146 valence electrons. The van der Waals surface area contributed by atoms with Crippen LogP contribution in [0.5, 0.6) is 0 Å². The number of aromatic nitrogens is 1. The average Bonchev–Trinajstić information content (AvgIpc) is 3.03. The van der Waals surface area contributed by atoms with Gasteiger partial charge < -0.3 is 19.1 Å². The third kappa shape index (κ3) is 3.34. The van der Waals surface area contributed by atoms with Crippen molar-refractivity contribution in [1.82, 2.24) is 19.3 Å². The van der Waals surface area contributed by atoms with Crippen molar-refractivity contribution in [2.75, 3.05) is 53.4 Å². The highest BCUT2D eigenvalue weighted by Crippen LogP contribution is 2.41. The Balaban J connectivity index is 1.59. The van der Waals surface area contributed by atoms with E-state index in [1.165, 1.54) is 4.90 Å². The molecule has 2 fully saturated rings. The zero-order valence-electron chi connectivity index (χ0n) is 15.8. The number of carbonyl (C=O) groups is 2. The van der Waals surface area contributed by atoms with E-state index in [0.717, 1.165) is 18.7 Å². The number of carbonyl (C=O) groups excluding carboxylic acids is 2. The largest absolute Gasteiger partial charge is 0.448 e. The lowest BCUT2D eigenvalue weighted by Gasteiger charge is -2.47. The SMILES string of the molecule is CN(C)C[C@H]1[C@H]2C[C@H](CN(C(=O)CN3CCOC3=O)C2)c2cccc(=O)n21. The number of cyclic esters (lactones) is 1. The van der Waals surface area contributed by atoms with Gasteiger partial charge in [0.2, 0.25) is 5.91 Å². The predicted molar refractivity (Wildman–Crippen MR) is 98.6 cm³/mol. The molecule has 0 spiro atoms. The molecule has 4 rings (SSSR count). The third-order valence-corrected chi connectivity index (χ3v) is 5.87. The van der Waals surface area contributed by atoms with Crippen molar-refractivity contribution >= 4 is 12.0 Å². The Kier molecular flexibility index (Phi) is 4.67. The molecule has 0 N–H and O–H groups in total. The number of piperidine rings is 1. The molecule has 3 aliphatic rings. The van der Waals surface area contributed by atoms with Gasteiger partial charge in [-0.25, -0.2) is 4.79 Å². The van der Waals surface area contributed by atoms with Gasteiger partial charge in [-0.1, -0.05) is 6.07 Å². The van der Waals surface area contributed by atoms with Crippen molar-refractivity contribution < 1.29 is 14.3 Å². The number of nitrogens with zero attached hydrogens (tertiary/aromatic N) is 4. The Hall–Kier alpha value is -2.35. The molecule has 0 saturated carbocycles. The summed E-state index contributed by atoms with van der Waals surface area (Å²) in [6, 6.07) is 5.49. The van der Waals surface area contributed by atoms with Crippen LogP contribution in [0, 0.1) is 5.92 Å². The van der Waals surface area contributed by atoms with Crippen molar-refractivity contribution in [2.24, 2.45) is 5.92 Å². The van der Waals surface area contributed by atoms with Gasteiger partial charge >= 0.3 is 6.09 Å². The van der Waals surface area contributed by atoms with E-state index in [-0.39, 0.29) is 35.9 Å². The van der Waals surface area contributed by atoms with Crippen LogP contribution < -0.4 is 5.56 Å². The highest BCUT2D eigenvalue weighted by molar-refractivity contribution is 5.83. The zero-order chi connectivity index (χ0) is 19.1. The molecular weight excluding hydrogens is 348 g/mol. The predicted octanol–water partition coefficient (Wildman–Crippen LogP) is 0.349. The van der Waals surface area contributed by atoms with E-state index >= 15 is 0 Å². The first kappa shape index (κ1) is 18.0. The Bertz CT molecular complexity index is 805. The molecular formula is C19H26N4O4. The van der Waals surface area contributed by atoms with Crippen molar-refractivity contribution in [1.29, 1.82) is 0 Å². The Morgan fingerprint density at radius 3 is 2.78 bits per heavy atom. The van der Waals surface area contributed by atoms with Gasteiger partial charge in [-0.05, 0) is 32.5 Å².